The number of methoxy groups -OCH3 is 2. The second-order valence-corrected chi connectivity index (χ2v) is 6.86. The van der Waals surface area contributed by atoms with Gasteiger partial charge in [0.05, 0.1) is 13.7 Å². The van der Waals surface area contributed by atoms with Gasteiger partial charge >= 0.3 is 0 Å². The number of likely N-dealkylation sites (tertiary alicyclic amines) is 1. The van der Waals surface area contributed by atoms with Gasteiger partial charge in [-0.05, 0) is 48.2 Å². The highest BCUT2D eigenvalue weighted by atomic mass is 16.5. The summed E-state index contributed by atoms with van der Waals surface area (Å²) in [6, 6.07) is 17.9. The molecule has 1 aliphatic heterocycles. The van der Waals surface area contributed by atoms with Gasteiger partial charge in [0.2, 0.25) is 0 Å². The molecular weight excluding hydrogens is 310 g/mol. The summed E-state index contributed by atoms with van der Waals surface area (Å²) < 4.78 is 10.6. The molecule has 1 unspecified atom stereocenters. The summed E-state index contributed by atoms with van der Waals surface area (Å²) in [5, 5.41) is 0. The molecule has 1 heterocycles. The number of rotatable bonds is 6. The molecule has 1 fully saturated rings. The molecule has 2 aromatic carbocycles. The van der Waals surface area contributed by atoms with Gasteiger partial charge in [-0.2, -0.15) is 0 Å². The van der Waals surface area contributed by atoms with Crippen molar-refractivity contribution in [3.63, 3.8) is 0 Å². The summed E-state index contributed by atoms with van der Waals surface area (Å²) in [7, 11) is 3.47. The molecule has 3 nitrogen and oxygen atoms in total. The van der Waals surface area contributed by atoms with Crippen LogP contribution in [0.2, 0.25) is 0 Å². The van der Waals surface area contributed by atoms with Crippen molar-refractivity contribution in [1.29, 1.82) is 0 Å². The lowest BCUT2D eigenvalue weighted by atomic mass is 10.00. The Kier molecular flexibility index (Phi) is 6.48. The van der Waals surface area contributed by atoms with Gasteiger partial charge in [0, 0.05) is 19.7 Å². The van der Waals surface area contributed by atoms with E-state index in [1.807, 2.05) is 0 Å². The Balaban J connectivity index is 1.79. The molecule has 2 aromatic rings. The molecule has 0 saturated carbocycles. The lowest BCUT2D eigenvalue weighted by Crippen LogP contribution is -2.28. The average Bonchev–Trinajstić information content (AvgIpc) is 2.88. The summed E-state index contributed by atoms with van der Waals surface area (Å²) in [5.41, 5.74) is 4.02. The Morgan fingerprint density at radius 3 is 2.52 bits per heavy atom. The van der Waals surface area contributed by atoms with E-state index in [1.54, 1.807) is 14.2 Å². The highest BCUT2D eigenvalue weighted by Crippen LogP contribution is 2.32. The first-order valence-electron chi connectivity index (χ1n) is 9.25. The lowest BCUT2D eigenvalue weighted by Gasteiger charge is -2.30. The van der Waals surface area contributed by atoms with E-state index in [0.29, 0.717) is 12.6 Å². The zero-order valence-electron chi connectivity index (χ0n) is 15.4. The van der Waals surface area contributed by atoms with Gasteiger partial charge in [-0.15, -0.1) is 0 Å². The van der Waals surface area contributed by atoms with Gasteiger partial charge < -0.3 is 9.47 Å². The van der Waals surface area contributed by atoms with Crippen LogP contribution in [0.25, 0.3) is 0 Å². The van der Waals surface area contributed by atoms with Crippen LogP contribution in [0.15, 0.2) is 48.5 Å². The van der Waals surface area contributed by atoms with Crippen LogP contribution in [0.4, 0.5) is 0 Å². The molecule has 3 heteroatoms. The first-order chi connectivity index (χ1) is 12.3. The average molecular weight is 339 g/mol. The van der Waals surface area contributed by atoms with Gasteiger partial charge in [-0.1, -0.05) is 49.2 Å². The molecule has 0 N–H and O–H groups in total. The van der Waals surface area contributed by atoms with Gasteiger partial charge in [-0.3, -0.25) is 4.90 Å². The van der Waals surface area contributed by atoms with Crippen LogP contribution < -0.4 is 4.74 Å². The molecule has 0 bridgehead atoms. The van der Waals surface area contributed by atoms with Crippen LogP contribution >= 0.6 is 0 Å². The van der Waals surface area contributed by atoms with E-state index >= 15 is 0 Å². The van der Waals surface area contributed by atoms with Crippen LogP contribution in [-0.2, 0) is 17.9 Å². The number of nitrogens with zero attached hydrogens (tertiary/aromatic N) is 1. The molecule has 1 atom stereocenters. The zero-order valence-corrected chi connectivity index (χ0v) is 15.4. The molecule has 0 amide bonds. The molecule has 0 aliphatic carbocycles. The van der Waals surface area contributed by atoms with Crippen LogP contribution in [0, 0.1) is 0 Å². The van der Waals surface area contributed by atoms with Crippen LogP contribution in [0.3, 0.4) is 0 Å². The third-order valence-corrected chi connectivity index (χ3v) is 5.05. The number of ether oxygens (including phenoxy) is 2. The maximum atomic E-state index is 5.31. The molecule has 0 radical (unpaired) electrons. The monoisotopic (exact) mass is 339 g/mol. The fourth-order valence-electron chi connectivity index (χ4n) is 3.78. The van der Waals surface area contributed by atoms with Gasteiger partial charge in [0.1, 0.15) is 5.75 Å². The first-order valence-corrected chi connectivity index (χ1v) is 9.25. The predicted octanol–water partition coefficient (Wildman–Crippen LogP) is 4.96. The van der Waals surface area contributed by atoms with Crippen molar-refractivity contribution in [1.82, 2.24) is 4.90 Å². The molecule has 1 saturated heterocycles. The largest absolute Gasteiger partial charge is 0.497 e. The number of hydrogen-bond donors (Lipinski definition) is 0. The van der Waals surface area contributed by atoms with Crippen molar-refractivity contribution in [2.24, 2.45) is 0 Å². The maximum Gasteiger partial charge on any atom is 0.118 e. The van der Waals surface area contributed by atoms with Crippen molar-refractivity contribution in [3.05, 3.63) is 65.2 Å². The highest BCUT2D eigenvalue weighted by Gasteiger charge is 2.22. The highest BCUT2D eigenvalue weighted by molar-refractivity contribution is 5.30. The molecule has 134 valence electrons. The Labute approximate surface area is 151 Å². The second kappa shape index (κ2) is 9.02. The molecule has 3 rings (SSSR count). The quantitative estimate of drug-likeness (QED) is 0.742. The van der Waals surface area contributed by atoms with Crippen molar-refractivity contribution >= 4 is 0 Å². The standard InChI is InChI=1S/C22H29NO2/c1-24-17-19-8-6-7-18(15-19)16-23-14-5-3-4-9-22(23)20-10-12-21(25-2)13-11-20/h6-8,10-13,15,22H,3-5,9,14,16-17H2,1-2H3. The van der Waals surface area contributed by atoms with Gasteiger partial charge in [0.15, 0.2) is 0 Å². The summed E-state index contributed by atoms with van der Waals surface area (Å²) in [4.78, 5) is 2.64. The van der Waals surface area contributed by atoms with Crippen LogP contribution in [-0.4, -0.2) is 25.7 Å². The minimum atomic E-state index is 0.486. The molecular formula is C22H29NO2. The topological polar surface area (TPSA) is 21.7 Å². The maximum absolute atomic E-state index is 5.31. The van der Waals surface area contributed by atoms with Crippen LogP contribution in [0.5, 0.6) is 5.75 Å². The Morgan fingerprint density at radius 2 is 1.76 bits per heavy atom. The minimum absolute atomic E-state index is 0.486. The van der Waals surface area contributed by atoms with E-state index in [0.717, 1.165) is 18.8 Å². The number of benzene rings is 2. The van der Waals surface area contributed by atoms with Crippen molar-refractivity contribution < 1.29 is 9.47 Å². The van der Waals surface area contributed by atoms with Crippen molar-refractivity contribution in [2.75, 3.05) is 20.8 Å². The van der Waals surface area contributed by atoms with Crippen molar-refractivity contribution in [3.8, 4) is 5.75 Å². The van der Waals surface area contributed by atoms with Gasteiger partial charge in [-0.25, -0.2) is 0 Å². The first kappa shape index (κ1) is 18.0. The van der Waals surface area contributed by atoms with E-state index in [1.165, 1.54) is 42.4 Å². The summed E-state index contributed by atoms with van der Waals surface area (Å²) >= 11 is 0. The number of hydrogen-bond acceptors (Lipinski definition) is 3. The Hall–Kier alpha value is -1.84. The third kappa shape index (κ3) is 4.83. The third-order valence-electron chi connectivity index (χ3n) is 5.05. The van der Waals surface area contributed by atoms with E-state index in [2.05, 4.69) is 53.4 Å². The van der Waals surface area contributed by atoms with Crippen LogP contribution in [0.1, 0.15) is 48.4 Å². The summed E-state index contributed by atoms with van der Waals surface area (Å²) in [6.07, 6.45) is 5.14. The van der Waals surface area contributed by atoms with Gasteiger partial charge in [0.25, 0.3) is 0 Å². The molecule has 0 aromatic heterocycles. The lowest BCUT2D eigenvalue weighted by molar-refractivity contribution is 0.183. The molecule has 25 heavy (non-hydrogen) atoms. The molecule has 0 spiro atoms. The van der Waals surface area contributed by atoms with E-state index in [9.17, 15) is 0 Å². The van der Waals surface area contributed by atoms with E-state index in [-0.39, 0.29) is 0 Å². The summed E-state index contributed by atoms with van der Waals surface area (Å²) in [6.45, 7) is 2.83. The summed E-state index contributed by atoms with van der Waals surface area (Å²) in [5.74, 6) is 0.927. The minimum Gasteiger partial charge on any atom is -0.497 e. The second-order valence-electron chi connectivity index (χ2n) is 6.86. The fourth-order valence-corrected chi connectivity index (χ4v) is 3.78. The van der Waals surface area contributed by atoms with Crippen molar-refractivity contribution in [2.45, 2.75) is 44.9 Å². The molecule has 1 aliphatic rings. The SMILES string of the molecule is COCc1cccc(CN2CCCCCC2c2ccc(OC)cc2)c1. The predicted molar refractivity (Wildman–Crippen MR) is 102 cm³/mol. The zero-order chi connectivity index (χ0) is 17.5. The smallest absolute Gasteiger partial charge is 0.118 e. The fraction of sp³-hybridized carbons (Fsp3) is 0.455. The Morgan fingerprint density at radius 1 is 0.960 bits per heavy atom. The van der Waals surface area contributed by atoms with E-state index < -0.39 is 0 Å². The Bertz CT molecular complexity index is 653. The normalized spacial score (nSPS) is 18.7. The van der Waals surface area contributed by atoms with E-state index in [4.69, 9.17) is 9.47 Å².